The van der Waals surface area contributed by atoms with E-state index in [1.807, 2.05) is 12.1 Å². The summed E-state index contributed by atoms with van der Waals surface area (Å²) >= 11 is 0. The van der Waals surface area contributed by atoms with Crippen LogP contribution in [-0.2, 0) is 11.4 Å². The molecular weight excluding hydrogens is 240 g/mol. The number of nitrogens with two attached hydrogens (primary N) is 1. The molecule has 0 radical (unpaired) electrons. The zero-order chi connectivity index (χ0) is 13.8. The summed E-state index contributed by atoms with van der Waals surface area (Å²) in [5.74, 6) is 0.243. The maximum absolute atomic E-state index is 10.9. The van der Waals surface area contributed by atoms with Gasteiger partial charge in [-0.3, -0.25) is 4.79 Å². The number of primary amides is 1. The predicted octanol–water partition coefficient (Wildman–Crippen LogP) is 1.58. The van der Waals surface area contributed by atoms with Crippen LogP contribution in [0.3, 0.4) is 0 Å². The number of amides is 1. The molecule has 1 saturated heterocycles. The zero-order valence-electron chi connectivity index (χ0n) is 11.4. The second-order valence-corrected chi connectivity index (χ2v) is 5.38. The lowest BCUT2D eigenvalue weighted by Crippen LogP contribution is -2.35. The Hall–Kier alpha value is -1.55. The van der Waals surface area contributed by atoms with E-state index in [2.05, 4.69) is 17.9 Å². The van der Waals surface area contributed by atoms with E-state index in [1.54, 1.807) is 0 Å². The molecule has 1 aliphatic heterocycles. The molecule has 0 saturated carbocycles. The first-order valence-electron chi connectivity index (χ1n) is 6.83. The number of piperidine rings is 1. The summed E-state index contributed by atoms with van der Waals surface area (Å²) in [7, 11) is 0. The average molecular weight is 262 g/mol. The minimum Gasteiger partial charge on any atom is -0.392 e. The summed E-state index contributed by atoms with van der Waals surface area (Å²) < 4.78 is 0. The molecule has 1 fully saturated rings. The number of benzene rings is 1. The van der Waals surface area contributed by atoms with Crippen LogP contribution in [0.4, 0.5) is 5.69 Å². The number of carbonyl (C=O) groups is 1. The van der Waals surface area contributed by atoms with Crippen LogP contribution in [0.15, 0.2) is 18.2 Å². The third kappa shape index (κ3) is 3.47. The molecule has 0 atom stereocenters. The molecule has 3 N–H and O–H groups in total. The highest BCUT2D eigenvalue weighted by Gasteiger charge is 2.21. The van der Waals surface area contributed by atoms with Crippen molar-refractivity contribution >= 4 is 11.6 Å². The van der Waals surface area contributed by atoms with Crippen LogP contribution in [0.2, 0.25) is 0 Å². The van der Waals surface area contributed by atoms with Crippen molar-refractivity contribution in [3.63, 3.8) is 0 Å². The van der Waals surface area contributed by atoms with Gasteiger partial charge in [0.15, 0.2) is 0 Å². The van der Waals surface area contributed by atoms with E-state index >= 15 is 0 Å². The molecule has 4 heteroatoms. The summed E-state index contributed by atoms with van der Waals surface area (Å²) in [4.78, 5) is 13.3. The molecule has 104 valence electrons. The van der Waals surface area contributed by atoms with Gasteiger partial charge in [-0.05, 0) is 42.9 Å². The van der Waals surface area contributed by atoms with Crippen LogP contribution >= 0.6 is 0 Å². The van der Waals surface area contributed by atoms with Gasteiger partial charge in [0.25, 0.3) is 0 Å². The largest absolute Gasteiger partial charge is 0.392 e. The van der Waals surface area contributed by atoms with Gasteiger partial charge in [0, 0.05) is 25.2 Å². The van der Waals surface area contributed by atoms with Gasteiger partial charge in [0.05, 0.1) is 6.61 Å². The summed E-state index contributed by atoms with van der Waals surface area (Å²) in [5.41, 5.74) is 8.62. The van der Waals surface area contributed by atoms with Gasteiger partial charge in [-0.15, -0.1) is 0 Å². The molecule has 1 aromatic rings. The number of rotatable bonds is 4. The van der Waals surface area contributed by atoms with E-state index in [-0.39, 0.29) is 12.5 Å². The van der Waals surface area contributed by atoms with Crippen molar-refractivity contribution in [2.75, 3.05) is 18.0 Å². The zero-order valence-corrected chi connectivity index (χ0v) is 11.4. The molecule has 0 spiro atoms. The van der Waals surface area contributed by atoms with Crippen molar-refractivity contribution < 1.29 is 9.90 Å². The molecule has 1 heterocycles. The summed E-state index contributed by atoms with van der Waals surface area (Å²) in [6.45, 7) is 4.10. The van der Waals surface area contributed by atoms with Gasteiger partial charge in [-0.1, -0.05) is 12.1 Å². The molecule has 0 aromatic heterocycles. The Kier molecular flexibility index (Phi) is 4.43. The smallest absolute Gasteiger partial charge is 0.217 e. The third-order valence-electron chi connectivity index (χ3n) is 3.89. The molecule has 1 aliphatic rings. The predicted molar refractivity (Wildman–Crippen MR) is 75.9 cm³/mol. The number of anilines is 1. The fraction of sp³-hybridized carbons (Fsp3) is 0.533. The van der Waals surface area contributed by atoms with Crippen LogP contribution < -0.4 is 10.6 Å². The Balaban J connectivity index is 1.99. The lowest BCUT2D eigenvalue weighted by molar-refractivity contribution is -0.119. The van der Waals surface area contributed by atoms with E-state index in [1.165, 1.54) is 11.3 Å². The summed E-state index contributed by atoms with van der Waals surface area (Å²) in [6, 6.07) is 6.08. The topological polar surface area (TPSA) is 66.6 Å². The van der Waals surface area contributed by atoms with E-state index in [0.29, 0.717) is 12.3 Å². The monoisotopic (exact) mass is 262 g/mol. The molecule has 0 aliphatic carbocycles. The third-order valence-corrected chi connectivity index (χ3v) is 3.89. The first-order chi connectivity index (χ1) is 9.10. The average Bonchev–Trinajstić information content (AvgIpc) is 2.39. The minimum atomic E-state index is -0.193. The Bertz CT molecular complexity index is 451. The fourth-order valence-corrected chi connectivity index (χ4v) is 2.83. The SMILES string of the molecule is Cc1cc(CO)ccc1N1CCC(CC(N)=O)CC1. The molecule has 1 aromatic carbocycles. The summed E-state index contributed by atoms with van der Waals surface area (Å²) in [6.07, 6.45) is 2.55. The number of carbonyl (C=O) groups excluding carboxylic acids is 1. The number of aliphatic hydroxyl groups excluding tert-OH is 1. The van der Waals surface area contributed by atoms with E-state index < -0.39 is 0 Å². The van der Waals surface area contributed by atoms with Crippen molar-refractivity contribution in [3.8, 4) is 0 Å². The number of hydrogen-bond acceptors (Lipinski definition) is 3. The van der Waals surface area contributed by atoms with Gasteiger partial charge in [-0.25, -0.2) is 0 Å². The molecule has 4 nitrogen and oxygen atoms in total. The van der Waals surface area contributed by atoms with E-state index in [9.17, 15) is 4.79 Å². The second kappa shape index (κ2) is 6.06. The molecule has 2 rings (SSSR count). The second-order valence-electron chi connectivity index (χ2n) is 5.38. The number of aryl methyl sites for hydroxylation is 1. The maximum Gasteiger partial charge on any atom is 0.217 e. The Morgan fingerprint density at radius 3 is 2.63 bits per heavy atom. The highest BCUT2D eigenvalue weighted by Crippen LogP contribution is 2.28. The van der Waals surface area contributed by atoms with Crippen LogP contribution in [0.5, 0.6) is 0 Å². The van der Waals surface area contributed by atoms with E-state index in [4.69, 9.17) is 10.8 Å². The van der Waals surface area contributed by atoms with Gasteiger partial charge >= 0.3 is 0 Å². The van der Waals surface area contributed by atoms with Crippen molar-refractivity contribution in [1.29, 1.82) is 0 Å². The number of aliphatic hydroxyl groups is 1. The summed E-state index contributed by atoms with van der Waals surface area (Å²) in [5, 5.41) is 9.12. The Labute approximate surface area is 114 Å². The highest BCUT2D eigenvalue weighted by atomic mass is 16.3. The fourth-order valence-electron chi connectivity index (χ4n) is 2.83. The molecule has 1 amide bonds. The molecule has 0 unspecified atom stereocenters. The van der Waals surface area contributed by atoms with Crippen molar-refractivity contribution in [2.24, 2.45) is 11.7 Å². The van der Waals surface area contributed by atoms with Gasteiger partial charge in [-0.2, -0.15) is 0 Å². The number of hydrogen-bond donors (Lipinski definition) is 2. The maximum atomic E-state index is 10.9. The molecule has 0 bridgehead atoms. The molecular formula is C15H22N2O2. The van der Waals surface area contributed by atoms with Crippen LogP contribution in [0.25, 0.3) is 0 Å². The quantitative estimate of drug-likeness (QED) is 0.865. The first-order valence-corrected chi connectivity index (χ1v) is 6.83. The van der Waals surface area contributed by atoms with Crippen molar-refractivity contribution in [2.45, 2.75) is 32.8 Å². The lowest BCUT2D eigenvalue weighted by Gasteiger charge is -2.34. The normalized spacial score (nSPS) is 16.6. The van der Waals surface area contributed by atoms with Crippen LogP contribution in [0.1, 0.15) is 30.4 Å². The van der Waals surface area contributed by atoms with Crippen molar-refractivity contribution in [3.05, 3.63) is 29.3 Å². The van der Waals surface area contributed by atoms with Gasteiger partial charge in [0.2, 0.25) is 5.91 Å². The van der Waals surface area contributed by atoms with Gasteiger partial charge < -0.3 is 15.7 Å². The number of nitrogens with zero attached hydrogens (tertiary/aromatic N) is 1. The van der Waals surface area contributed by atoms with E-state index in [0.717, 1.165) is 31.5 Å². The van der Waals surface area contributed by atoms with Crippen LogP contribution in [-0.4, -0.2) is 24.1 Å². The minimum absolute atomic E-state index is 0.0851. The van der Waals surface area contributed by atoms with Crippen molar-refractivity contribution in [1.82, 2.24) is 0 Å². The van der Waals surface area contributed by atoms with Gasteiger partial charge in [0.1, 0.15) is 0 Å². The standard InChI is InChI=1S/C15H22N2O2/c1-11-8-13(10-18)2-3-14(11)17-6-4-12(5-7-17)9-15(16)19/h2-3,8,12,18H,4-7,9-10H2,1H3,(H2,16,19). The van der Waals surface area contributed by atoms with Crippen LogP contribution in [0, 0.1) is 12.8 Å². The molecule has 19 heavy (non-hydrogen) atoms. The highest BCUT2D eigenvalue weighted by molar-refractivity contribution is 5.74. The lowest BCUT2D eigenvalue weighted by atomic mass is 9.92. The first kappa shape index (κ1) is 13.9. The Morgan fingerprint density at radius 1 is 1.42 bits per heavy atom. The Morgan fingerprint density at radius 2 is 2.11 bits per heavy atom.